The molecule has 3 N–H and O–H groups in total. The van der Waals surface area contributed by atoms with Gasteiger partial charge in [0.2, 0.25) is 0 Å². The lowest BCUT2D eigenvalue weighted by molar-refractivity contribution is 0.0941. The highest BCUT2D eigenvalue weighted by molar-refractivity contribution is 6.33. The van der Waals surface area contributed by atoms with Crippen molar-refractivity contribution in [1.82, 2.24) is 5.32 Å². The second-order valence-corrected chi connectivity index (χ2v) is 6.68. The van der Waals surface area contributed by atoms with Crippen LogP contribution in [0.25, 0.3) is 0 Å². The van der Waals surface area contributed by atoms with E-state index in [0.29, 0.717) is 10.6 Å². The summed E-state index contributed by atoms with van der Waals surface area (Å²) in [5.74, 6) is 0.567. The third-order valence-electron chi connectivity index (χ3n) is 4.55. The molecule has 0 aromatic heterocycles. The smallest absolute Gasteiger partial charge is 0.253 e. The Balaban J connectivity index is 1.80. The number of ether oxygens (including phenoxy) is 1. The molecule has 3 rings (SSSR count). The van der Waals surface area contributed by atoms with E-state index in [4.69, 9.17) is 27.1 Å². The number of amides is 1. The second kappa shape index (κ2) is 8.73. The van der Waals surface area contributed by atoms with Crippen LogP contribution in [-0.4, -0.2) is 24.8 Å². The van der Waals surface area contributed by atoms with Gasteiger partial charge in [0.15, 0.2) is 0 Å². The number of methoxy groups -OCH3 is 1. The Bertz CT molecular complexity index is 875. The molecule has 1 saturated carbocycles. The van der Waals surface area contributed by atoms with Crippen molar-refractivity contribution >= 4 is 28.9 Å². The largest absolute Gasteiger partial charge is 0.497 e. The molecule has 140 valence electrons. The minimum absolute atomic E-state index is 0.190. The summed E-state index contributed by atoms with van der Waals surface area (Å²) in [5, 5.41) is 3.47. The summed E-state index contributed by atoms with van der Waals surface area (Å²) in [6, 6.07) is 14.3. The molecule has 6 heteroatoms. The van der Waals surface area contributed by atoms with Gasteiger partial charge in [-0.2, -0.15) is 0 Å². The topological polar surface area (TPSA) is 76.7 Å². The third-order valence-corrected chi connectivity index (χ3v) is 4.88. The first-order chi connectivity index (χ1) is 13.1. The van der Waals surface area contributed by atoms with Crippen LogP contribution in [0.5, 0.6) is 5.75 Å². The maximum atomic E-state index is 12.6. The fourth-order valence-corrected chi connectivity index (χ4v) is 3.37. The first-order valence-corrected chi connectivity index (χ1v) is 9.19. The van der Waals surface area contributed by atoms with E-state index in [0.717, 1.165) is 42.0 Å². The number of carbonyl (C=O) groups excluding carboxylic acids is 1. The van der Waals surface area contributed by atoms with Crippen molar-refractivity contribution in [1.29, 1.82) is 0 Å². The molecule has 5 nitrogen and oxygen atoms in total. The Morgan fingerprint density at radius 3 is 2.67 bits per heavy atom. The maximum Gasteiger partial charge on any atom is 0.253 e. The minimum atomic E-state index is -0.212. The van der Waals surface area contributed by atoms with Gasteiger partial charge < -0.3 is 15.8 Å². The number of aliphatic imine (C=N–C) groups is 1. The van der Waals surface area contributed by atoms with Crippen LogP contribution in [0.1, 0.15) is 29.6 Å². The number of halogens is 1. The highest BCUT2D eigenvalue weighted by Gasteiger charge is 2.26. The van der Waals surface area contributed by atoms with Crippen molar-refractivity contribution < 1.29 is 9.53 Å². The zero-order chi connectivity index (χ0) is 19.2. The molecule has 0 saturated heterocycles. The average Bonchev–Trinajstić information content (AvgIpc) is 2.69. The van der Waals surface area contributed by atoms with Gasteiger partial charge in [-0.05, 0) is 55.7 Å². The van der Waals surface area contributed by atoms with Crippen LogP contribution in [0.2, 0.25) is 5.02 Å². The maximum absolute atomic E-state index is 12.6. The number of hydrogen-bond donors (Lipinski definition) is 2. The highest BCUT2D eigenvalue weighted by Crippen LogP contribution is 2.26. The lowest BCUT2D eigenvalue weighted by atomic mass is 9.88. The quantitative estimate of drug-likeness (QED) is 0.828. The second-order valence-electron chi connectivity index (χ2n) is 6.28. The summed E-state index contributed by atoms with van der Waals surface area (Å²) in [6.45, 7) is 0. The summed E-state index contributed by atoms with van der Waals surface area (Å²) >= 11 is 6.13. The number of benzene rings is 2. The Morgan fingerprint density at radius 1 is 1.26 bits per heavy atom. The van der Waals surface area contributed by atoms with E-state index in [9.17, 15) is 4.79 Å². The van der Waals surface area contributed by atoms with Gasteiger partial charge in [0, 0.05) is 17.5 Å². The summed E-state index contributed by atoms with van der Waals surface area (Å²) < 4.78 is 5.18. The molecular formula is C21H22ClN3O2. The predicted molar refractivity (Wildman–Crippen MR) is 109 cm³/mol. The summed E-state index contributed by atoms with van der Waals surface area (Å²) in [7, 11) is 1.63. The van der Waals surface area contributed by atoms with Crippen molar-refractivity contribution in [3.63, 3.8) is 0 Å². The number of rotatable bonds is 4. The van der Waals surface area contributed by atoms with Gasteiger partial charge >= 0.3 is 0 Å². The van der Waals surface area contributed by atoms with E-state index in [1.54, 1.807) is 37.6 Å². The van der Waals surface area contributed by atoms with Gasteiger partial charge in [0.25, 0.3) is 5.91 Å². The number of hydrogen-bond acceptors (Lipinski definition) is 4. The predicted octanol–water partition coefficient (Wildman–Crippen LogP) is 4.25. The third kappa shape index (κ3) is 4.49. The van der Waals surface area contributed by atoms with E-state index in [2.05, 4.69) is 5.32 Å². The Morgan fingerprint density at radius 2 is 2.00 bits per heavy atom. The zero-order valence-electron chi connectivity index (χ0n) is 15.1. The van der Waals surface area contributed by atoms with E-state index < -0.39 is 0 Å². The highest BCUT2D eigenvalue weighted by atomic mass is 35.5. The van der Waals surface area contributed by atoms with Crippen molar-refractivity contribution in [2.24, 2.45) is 10.7 Å². The van der Waals surface area contributed by atoms with Crippen LogP contribution >= 0.6 is 11.6 Å². The summed E-state index contributed by atoms with van der Waals surface area (Å²) in [4.78, 5) is 17.3. The monoisotopic (exact) mass is 383 g/mol. The first-order valence-electron chi connectivity index (χ1n) is 8.81. The van der Waals surface area contributed by atoms with Gasteiger partial charge in [0.1, 0.15) is 5.75 Å². The van der Waals surface area contributed by atoms with Crippen LogP contribution in [-0.2, 0) is 0 Å². The average molecular weight is 384 g/mol. The lowest BCUT2D eigenvalue weighted by Gasteiger charge is -2.27. The van der Waals surface area contributed by atoms with Gasteiger partial charge in [-0.1, -0.05) is 23.7 Å². The Hall–Kier alpha value is -2.79. The molecule has 2 aromatic rings. The van der Waals surface area contributed by atoms with Crippen molar-refractivity contribution in [2.45, 2.75) is 25.3 Å². The molecule has 0 spiro atoms. The number of nitrogens with zero attached hydrogens (tertiary/aromatic N) is 1. The first kappa shape index (κ1) is 19.0. The molecular weight excluding hydrogens is 362 g/mol. The van der Waals surface area contributed by atoms with Gasteiger partial charge in [-0.3, -0.25) is 9.79 Å². The van der Waals surface area contributed by atoms with E-state index in [1.807, 2.05) is 24.3 Å². The summed E-state index contributed by atoms with van der Waals surface area (Å²) in [5.41, 5.74) is 8.90. The van der Waals surface area contributed by atoms with E-state index in [1.165, 1.54) is 0 Å². The zero-order valence-corrected chi connectivity index (χ0v) is 15.9. The van der Waals surface area contributed by atoms with Gasteiger partial charge in [-0.25, -0.2) is 0 Å². The molecule has 0 bridgehead atoms. The van der Waals surface area contributed by atoms with Crippen LogP contribution < -0.4 is 15.8 Å². The Kier molecular flexibility index (Phi) is 6.14. The standard InChI is InChI=1S/C21H22ClN3O2/c1-27-15-11-9-14(10-12-15)24-19-7-4-8-20(17(19)13-23)25-21(26)16-5-2-3-6-18(16)22/h2-3,5-6,9-13,20H,4,7-8,23H2,1H3,(H,25,26)/b17-13+,24-19?. The molecule has 27 heavy (non-hydrogen) atoms. The Labute approximate surface area is 163 Å². The number of nitrogens with two attached hydrogens (primary N) is 1. The minimum Gasteiger partial charge on any atom is -0.497 e. The fourth-order valence-electron chi connectivity index (χ4n) is 3.15. The summed E-state index contributed by atoms with van der Waals surface area (Å²) in [6.07, 6.45) is 4.08. The SMILES string of the molecule is COc1ccc(N=C2CCCC(NC(=O)c3ccccc3Cl)/C2=C/N)cc1. The van der Waals surface area contributed by atoms with Crippen molar-refractivity contribution in [3.8, 4) is 5.75 Å². The lowest BCUT2D eigenvalue weighted by Crippen LogP contribution is -2.41. The van der Waals surface area contributed by atoms with Crippen molar-refractivity contribution in [2.75, 3.05) is 7.11 Å². The molecule has 0 aliphatic heterocycles. The van der Waals surface area contributed by atoms with Crippen LogP contribution in [0.15, 0.2) is 65.3 Å². The van der Waals surface area contributed by atoms with E-state index >= 15 is 0 Å². The van der Waals surface area contributed by atoms with Crippen LogP contribution in [0.3, 0.4) is 0 Å². The van der Waals surface area contributed by atoms with Crippen molar-refractivity contribution in [3.05, 3.63) is 70.9 Å². The molecule has 1 unspecified atom stereocenters. The molecule has 1 fully saturated rings. The van der Waals surface area contributed by atoms with Gasteiger partial charge in [-0.15, -0.1) is 0 Å². The van der Waals surface area contributed by atoms with E-state index in [-0.39, 0.29) is 11.9 Å². The molecule has 1 aliphatic rings. The van der Waals surface area contributed by atoms with Crippen LogP contribution in [0.4, 0.5) is 5.69 Å². The van der Waals surface area contributed by atoms with Crippen LogP contribution in [0, 0.1) is 0 Å². The molecule has 2 aromatic carbocycles. The number of nitrogens with one attached hydrogen (secondary N) is 1. The molecule has 1 atom stereocenters. The number of carbonyl (C=O) groups is 1. The molecule has 0 radical (unpaired) electrons. The fraction of sp³-hybridized carbons (Fsp3) is 0.238. The molecule has 1 aliphatic carbocycles. The molecule has 1 amide bonds. The molecule has 0 heterocycles. The van der Waals surface area contributed by atoms with Gasteiger partial charge in [0.05, 0.1) is 29.4 Å². The normalized spacial score (nSPS) is 19.9.